The predicted octanol–water partition coefficient (Wildman–Crippen LogP) is 4.58. The number of phenolic OH excluding ortho intramolecular Hbond substituents is 1. The average Bonchev–Trinajstić information content (AvgIpc) is 2.28. The Morgan fingerprint density at radius 2 is 1.56 bits per heavy atom. The molecule has 0 bridgehead atoms. The Hall–Kier alpha value is -1.22. The lowest BCUT2D eigenvalue weighted by atomic mass is 10.0. The van der Waals surface area contributed by atoms with E-state index in [1.54, 1.807) is 24.3 Å². The SMILES string of the molecule is O=C(c1ccc(Cl)cc1)c1c(O)cc(Cl)cc1Cl. The molecule has 0 aliphatic carbocycles. The first-order valence-corrected chi connectivity index (χ1v) is 6.10. The lowest BCUT2D eigenvalue weighted by Gasteiger charge is -2.07. The Bertz CT molecular complexity index is 583. The Kier molecular flexibility index (Phi) is 3.81. The summed E-state index contributed by atoms with van der Waals surface area (Å²) in [5.41, 5.74) is 0.419. The minimum Gasteiger partial charge on any atom is -0.507 e. The second kappa shape index (κ2) is 5.19. The van der Waals surface area contributed by atoms with Crippen LogP contribution in [0, 0.1) is 0 Å². The fourth-order valence-corrected chi connectivity index (χ4v) is 2.22. The van der Waals surface area contributed by atoms with Crippen molar-refractivity contribution in [3.05, 3.63) is 62.6 Å². The zero-order valence-corrected chi connectivity index (χ0v) is 11.2. The first-order valence-electron chi connectivity index (χ1n) is 4.97. The zero-order valence-electron chi connectivity index (χ0n) is 8.95. The highest BCUT2D eigenvalue weighted by Crippen LogP contribution is 2.32. The smallest absolute Gasteiger partial charge is 0.198 e. The molecule has 2 aromatic carbocycles. The fraction of sp³-hybridized carbons (Fsp3) is 0. The van der Waals surface area contributed by atoms with Crippen molar-refractivity contribution in [3.63, 3.8) is 0 Å². The number of ketones is 1. The van der Waals surface area contributed by atoms with Gasteiger partial charge < -0.3 is 5.11 Å². The predicted molar refractivity (Wildman–Crippen MR) is 73.0 cm³/mol. The van der Waals surface area contributed by atoms with Gasteiger partial charge in [-0.25, -0.2) is 0 Å². The van der Waals surface area contributed by atoms with Crippen LogP contribution >= 0.6 is 34.8 Å². The van der Waals surface area contributed by atoms with Crippen molar-refractivity contribution in [1.82, 2.24) is 0 Å². The normalized spacial score (nSPS) is 10.4. The number of benzene rings is 2. The highest BCUT2D eigenvalue weighted by molar-refractivity contribution is 6.38. The third-order valence-corrected chi connectivity index (χ3v) is 3.14. The monoisotopic (exact) mass is 300 g/mol. The molecule has 5 heteroatoms. The van der Waals surface area contributed by atoms with Crippen LogP contribution in [-0.4, -0.2) is 10.9 Å². The van der Waals surface area contributed by atoms with Gasteiger partial charge in [-0.15, -0.1) is 0 Å². The number of aromatic hydroxyl groups is 1. The molecule has 0 atom stereocenters. The van der Waals surface area contributed by atoms with E-state index in [-0.39, 0.29) is 27.1 Å². The number of hydrogen-bond acceptors (Lipinski definition) is 2. The van der Waals surface area contributed by atoms with Crippen LogP contribution < -0.4 is 0 Å². The van der Waals surface area contributed by atoms with Crippen LogP contribution in [0.15, 0.2) is 36.4 Å². The van der Waals surface area contributed by atoms with E-state index in [4.69, 9.17) is 34.8 Å². The van der Waals surface area contributed by atoms with Gasteiger partial charge in [0.05, 0.1) is 10.6 Å². The Morgan fingerprint density at radius 1 is 0.944 bits per heavy atom. The van der Waals surface area contributed by atoms with Crippen LogP contribution in [0.1, 0.15) is 15.9 Å². The highest BCUT2D eigenvalue weighted by atomic mass is 35.5. The third-order valence-electron chi connectivity index (χ3n) is 2.37. The minimum atomic E-state index is -0.383. The van der Waals surface area contributed by atoms with Crippen LogP contribution in [-0.2, 0) is 0 Å². The van der Waals surface area contributed by atoms with Gasteiger partial charge in [-0.05, 0) is 36.4 Å². The van der Waals surface area contributed by atoms with E-state index in [0.29, 0.717) is 10.6 Å². The molecule has 1 N–H and O–H groups in total. The lowest BCUT2D eigenvalue weighted by molar-refractivity contribution is 0.103. The number of carbonyl (C=O) groups excluding carboxylic acids is 1. The molecule has 0 aromatic heterocycles. The summed E-state index contributed by atoms with van der Waals surface area (Å²) >= 11 is 17.4. The molecular weight excluding hydrogens is 294 g/mol. The van der Waals surface area contributed by atoms with Gasteiger partial charge in [0.25, 0.3) is 0 Å². The highest BCUT2D eigenvalue weighted by Gasteiger charge is 2.18. The first-order chi connectivity index (χ1) is 8.49. The van der Waals surface area contributed by atoms with Crippen LogP contribution in [0.2, 0.25) is 15.1 Å². The Morgan fingerprint density at radius 3 is 2.11 bits per heavy atom. The summed E-state index contributed by atoms with van der Waals surface area (Å²) in [6, 6.07) is 9.00. The maximum absolute atomic E-state index is 12.2. The van der Waals surface area contributed by atoms with Gasteiger partial charge in [0.1, 0.15) is 5.75 Å². The molecule has 0 saturated carbocycles. The standard InChI is InChI=1S/C13H7Cl3O2/c14-8-3-1-7(2-4-8)13(18)12-10(16)5-9(15)6-11(12)17/h1-6,17H. The zero-order chi connectivity index (χ0) is 13.3. The summed E-state index contributed by atoms with van der Waals surface area (Å²) in [6.07, 6.45) is 0. The van der Waals surface area contributed by atoms with E-state index in [1.165, 1.54) is 12.1 Å². The van der Waals surface area contributed by atoms with Gasteiger partial charge in [0.2, 0.25) is 0 Å². The van der Waals surface area contributed by atoms with Gasteiger partial charge in [-0.2, -0.15) is 0 Å². The second-order valence-electron chi connectivity index (χ2n) is 3.62. The third kappa shape index (κ3) is 2.61. The van der Waals surface area contributed by atoms with Crippen molar-refractivity contribution in [1.29, 1.82) is 0 Å². The molecular formula is C13H7Cl3O2. The van der Waals surface area contributed by atoms with Crippen molar-refractivity contribution in [3.8, 4) is 5.75 Å². The quantitative estimate of drug-likeness (QED) is 0.824. The van der Waals surface area contributed by atoms with Crippen molar-refractivity contribution < 1.29 is 9.90 Å². The number of halogens is 3. The summed E-state index contributed by atoms with van der Waals surface area (Å²) in [5.74, 6) is -0.627. The van der Waals surface area contributed by atoms with E-state index in [2.05, 4.69) is 0 Å². The maximum Gasteiger partial charge on any atom is 0.198 e. The Balaban J connectivity index is 2.49. The van der Waals surface area contributed by atoms with Crippen LogP contribution in [0.25, 0.3) is 0 Å². The molecule has 0 amide bonds. The second-order valence-corrected chi connectivity index (χ2v) is 4.90. The topological polar surface area (TPSA) is 37.3 Å². The number of phenols is 1. The number of hydrogen-bond donors (Lipinski definition) is 1. The molecule has 18 heavy (non-hydrogen) atoms. The van der Waals surface area contributed by atoms with E-state index >= 15 is 0 Å². The minimum absolute atomic E-state index is 0.0309. The van der Waals surface area contributed by atoms with Gasteiger partial charge >= 0.3 is 0 Å². The van der Waals surface area contributed by atoms with E-state index in [1.807, 2.05) is 0 Å². The van der Waals surface area contributed by atoms with Crippen molar-refractivity contribution >= 4 is 40.6 Å². The maximum atomic E-state index is 12.2. The number of carbonyl (C=O) groups is 1. The molecule has 0 spiro atoms. The van der Waals surface area contributed by atoms with E-state index in [9.17, 15) is 9.90 Å². The molecule has 0 aliphatic heterocycles. The first kappa shape index (κ1) is 13.2. The molecule has 0 unspecified atom stereocenters. The molecule has 0 aliphatic rings. The lowest BCUT2D eigenvalue weighted by Crippen LogP contribution is -2.02. The average molecular weight is 302 g/mol. The number of rotatable bonds is 2. The summed E-state index contributed by atoms with van der Waals surface area (Å²) in [6.45, 7) is 0. The van der Waals surface area contributed by atoms with Crippen molar-refractivity contribution in [2.75, 3.05) is 0 Å². The summed E-state index contributed by atoms with van der Waals surface area (Å²) < 4.78 is 0. The molecule has 0 heterocycles. The van der Waals surface area contributed by atoms with Gasteiger partial charge in [-0.3, -0.25) is 4.79 Å². The van der Waals surface area contributed by atoms with Crippen LogP contribution in [0.3, 0.4) is 0 Å². The molecule has 0 radical (unpaired) electrons. The molecule has 0 fully saturated rings. The van der Waals surface area contributed by atoms with Crippen molar-refractivity contribution in [2.45, 2.75) is 0 Å². The molecule has 0 saturated heterocycles. The van der Waals surface area contributed by atoms with Crippen LogP contribution in [0.4, 0.5) is 0 Å². The van der Waals surface area contributed by atoms with E-state index < -0.39 is 0 Å². The van der Waals surface area contributed by atoms with Crippen molar-refractivity contribution in [2.24, 2.45) is 0 Å². The van der Waals surface area contributed by atoms with Gasteiger partial charge in [0, 0.05) is 15.6 Å². The van der Waals surface area contributed by atoms with Crippen LogP contribution in [0.5, 0.6) is 5.75 Å². The molecule has 2 nitrogen and oxygen atoms in total. The summed E-state index contributed by atoms with van der Waals surface area (Å²) in [5, 5.41) is 10.6. The summed E-state index contributed by atoms with van der Waals surface area (Å²) in [7, 11) is 0. The molecule has 2 rings (SSSR count). The Labute approximate surface area is 119 Å². The fourth-order valence-electron chi connectivity index (χ4n) is 1.53. The largest absolute Gasteiger partial charge is 0.507 e. The van der Waals surface area contributed by atoms with Gasteiger partial charge in [0.15, 0.2) is 5.78 Å². The van der Waals surface area contributed by atoms with E-state index in [0.717, 1.165) is 0 Å². The van der Waals surface area contributed by atoms with Gasteiger partial charge in [-0.1, -0.05) is 34.8 Å². The summed E-state index contributed by atoms with van der Waals surface area (Å²) in [4.78, 5) is 12.2. The molecule has 2 aromatic rings. The molecule has 92 valence electrons.